The number of aromatic nitrogens is 5. The molecule has 0 aliphatic carbocycles. The van der Waals surface area contributed by atoms with Gasteiger partial charge in [0.05, 0.1) is 40.9 Å². The van der Waals surface area contributed by atoms with E-state index >= 15 is 0 Å². The molecule has 5 rings (SSSR count). The Kier molecular flexibility index (Phi) is 3.27. The van der Waals surface area contributed by atoms with Crippen LogP contribution in [0.15, 0.2) is 61.2 Å². The lowest BCUT2D eigenvalue weighted by molar-refractivity contribution is 0.948. The Bertz CT molecular complexity index is 1350. The molecule has 6 heteroatoms. The van der Waals surface area contributed by atoms with E-state index in [1.165, 1.54) is 0 Å². The molecule has 2 aromatic carbocycles. The summed E-state index contributed by atoms with van der Waals surface area (Å²) in [6, 6.07) is 15.7. The van der Waals surface area contributed by atoms with Gasteiger partial charge in [0.1, 0.15) is 5.52 Å². The SMILES string of the molecule is Cn1cnc2ccc(-c3c[nH]c4ncc(-c5cccc(C#N)c5)nc34)cc21. The summed E-state index contributed by atoms with van der Waals surface area (Å²) < 4.78 is 2.00. The zero-order valence-corrected chi connectivity index (χ0v) is 14.5. The van der Waals surface area contributed by atoms with Crippen molar-refractivity contribution in [3.05, 3.63) is 66.7 Å². The Morgan fingerprint density at radius 2 is 2.00 bits per heavy atom. The van der Waals surface area contributed by atoms with Crippen LogP contribution in [0.25, 0.3) is 44.6 Å². The number of benzene rings is 2. The normalized spacial score (nSPS) is 11.1. The van der Waals surface area contributed by atoms with Crippen molar-refractivity contribution in [1.29, 1.82) is 5.26 Å². The second-order valence-electron chi connectivity index (χ2n) is 6.41. The lowest BCUT2D eigenvalue weighted by Gasteiger charge is -2.04. The Balaban J connectivity index is 1.68. The number of nitrogens with zero attached hydrogens (tertiary/aromatic N) is 5. The van der Waals surface area contributed by atoms with Gasteiger partial charge in [-0.15, -0.1) is 0 Å². The van der Waals surface area contributed by atoms with E-state index in [0.29, 0.717) is 5.56 Å². The summed E-state index contributed by atoms with van der Waals surface area (Å²) in [5, 5.41) is 9.13. The quantitative estimate of drug-likeness (QED) is 0.520. The van der Waals surface area contributed by atoms with Gasteiger partial charge in [0.2, 0.25) is 0 Å². The molecule has 128 valence electrons. The Labute approximate surface area is 154 Å². The maximum absolute atomic E-state index is 9.13. The van der Waals surface area contributed by atoms with E-state index in [0.717, 1.165) is 44.6 Å². The molecule has 6 nitrogen and oxygen atoms in total. The summed E-state index contributed by atoms with van der Waals surface area (Å²) >= 11 is 0. The average Bonchev–Trinajstić information content (AvgIpc) is 3.31. The maximum Gasteiger partial charge on any atom is 0.156 e. The zero-order valence-electron chi connectivity index (χ0n) is 14.5. The number of hydrogen-bond donors (Lipinski definition) is 1. The molecular weight excluding hydrogens is 336 g/mol. The standard InChI is InChI=1S/C21H14N6/c1-27-12-25-17-6-5-14(8-19(17)27)16-10-23-21-20(16)26-18(11-24-21)15-4-2-3-13(7-15)9-22/h2-8,10-12H,1H3,(H,23,24). The van der Waals surface area contributed by atoms with Crippen molar-refractivity contribution in [1.82, 2.24) is 24.5 Å². The minimum atomic E-state index is 0.602. The smallest absolute Gasteiger partial charge is 0.156 e. The molecule has 0 saturated carbocycles. The van der Waals surface area contributed by atoms with E-state index < -0.39 is 0 Å². The first kappa shape index (κ1) is 15.3. The number of rotatable bonds is 2. The highest BCUT2D eigenvalue weighted by molar-refractivity contribution is 5.94. The molecule has 0 aliphatic rings. The van der Waals surface area contributed by atoms with Crippen molar-refractivity contribution >= 4 is 22.2 Å². The van der Waals surface area contributed by atoms with Crippen LogP contribution in [-0.4, -0.2) is 24.5 Å². The van der Waals surface area contributed by atoms with E-state index in [1.54, 1.807) is 12.3 Å². The van der Waals surface area contributed by atoms with E-state index in [1.807, 2.05) is 54.5 Å². The van der Waals surface area contributed by atoms with Crippen molar-refractivity contribution < 1.29 is 0 Å². The molecule has 0 amide bonds. The number of H-pyrrole nitrogens is 1. The largest absolute Gasteiger partial charge is 0.344 e. The summed E-state index contributed by atoms with van der Waals surface area (Å²) in [6.45, 7) is 0. The minimum absolute atomic E-state index is 0.602. The Hall–Kier alpha value is -3.98. The molecular formula is C21H14N6. The van der Waals surface area contributed by atoms with Gasteiger partial charge in [0.15, 0.2) is 5.65 Å². The fraction of sp³-hybridized carbons (Fsp3) is 0.0476. The number of nitriles is 1. The summed E-state index contributed by atoms with van der Waals surface area (Å²) in [5.74, 6) is 0. The molecule has 0 radical (unpaired) electrons. The predicted molar refractivity (Wildman–Crippen MR) is 104 cm³/mol. The van der Waals surface area contributed by atoms with Gasteiger partial charge in [-0.05, 0) is 29.8 Å². The summed E-state index contributed by atoms with van der Waals surface area (Å²) in [4.78, 5) is 16.9. The number of hydrogen-bond acceptors (Lipinski definition) is 4. The number of aryl methyl sites for hydroxylation is 1. The van der Waals surface area contributed by atoms with Crippen molar-refractivity contribution in [3.8, 4) is 28.5 Å². The van der Waals surface area contributed by atoms with Crippen LogP contribution in [0.2, 0.25) is 0 Å². The minimum Gasteiger partial charge on any atom is -0.344 e. The van der Waals surface area contributed by atoms with Crippen molar-refractivity contribution in [3.63, 3.8) is 0 Å². The highest BCUT2D eigenvalue weighted by Gasteiger charge is 2.12. The van der Waals surface area contributed by atoms with Gasteiger partial charge in [-0.1, -0.05) is 18.2 Å². The van der Waals surface area contributed by atoms with Gasteiger partial charge >= 0.3 is 0 Å². The molecule has 0 bridgehead atoms. The topological polar surface area (TPSA) is 83.2 Å². The molecule has 5 aromatic rings. The van der Waals surface area contributed by atoms with Crippen LogP contribution >= 0.6 is 0 Å². The number of imidazole rings is 1. The van der Waals surface area contributed by atoms with Crippen molar-refractivity contribution in [2.75, 3.05) is 0 Å². The third-order valence-electron chi connectivity index (χ3n) is 4.70. The van der Waals surface area contributed by atoms with Crippen LogP contribution in [0.4, 0.5) is 0 Å². The van der Waals surface area contributed by atoms with Crippen molar-refractivity contribution in [2.24, 2.45) is 7.05 Å². The zero-order chi connectivity index (χ0) is 18.4. The van der Waals surface area contributed by atoms with Crippen LogP contribution in [0.3, 0.4) is 0 Å². The lowest BCUT2D eigenvalue weighted by Crippen LogP contribution is -1.89. The lowest BCUT2D eigenvalue weighted by atomic mass is 10.1. The Morgan fingerprint density at radius 3 is 2.89 bits per heavy atom. The third-order valence-corrected chi connectivity index (χ3v) is 4.70. The van der Waals surface area contributed by atoms with Crippen LogP contribution in [-0.2, 0) is 7.05 Å². The summed E-state index contributed by atoms with van der Waals surface area (Å²) in [7, 11) is 1.98. The molecule has 0 saturated heterocycles. The second kappa shape index (κ2) is 5.78. The highest BCUT2D eigenvalue weighted by Crippen LogP contribution is 2.30. The van der Waals surface area contributed by atoms with E-state index in [2.05, 4.69) is 27.1 Å². The van der Waals surface area contributed by atoms with Gasteiger partial charge in [-0.3, -0.25) is 0 Å². The average molecular weight is 350 g/mol. The molecule has 3 heterocycles. The van der Waals surface area contributed by atoms with Gasteiger partial charge in [0, 0.05) is 24.4 Å². The number of aromatic amines is 1. The third kappa shape index (κ3) is 2.45. The van der Waals surface area contributed by atoms with Crippen molar-refractivity contribution in [2.45, 2.75) is 0 Å². The van der Waals surface area contributed by atoms with Gasteiger partial charge in [-0.2, -0.15) is 5.26 Å². The molecule has 0 aliphatic heterocycles. The molecule has 3 aromatic heterocycles. The molecule has 0 unspecified atom stereocenters. The second-order valence-corrected chi connectivity index (χ2v) is 6.41. The molecule has 27 heavy (non-hydrogen) atoms. The monoisotopic (exact) mass is 350 g/mol. The summed E-state index contributed by atoms with van der Waals surface area (Å²) in [5.41, 5.74) is 7.80. The number of fused-ring (bicyclic) bond motifs is 2. The molecule has 0 atom stereocenters. The highest BCUT2D eigenvalue weighted by atomic mass is 15.0. The van der Waals surface area contributed by atoms with Gasteiger partial charge < -0.3 is 9.55 Å². The van der Waals surface area contributed by atoms with Gasteiger partial charge in [-0.25, -0.2) is 15.0 Å². The molecule has 0 fully saturated rings. The number of nitrogens with one attached hydrogen (secondary N) is 1. The first-order chi connectivity index (χ1) is 13.2. The maximum atomic E-state index is 9.13. The van der Waals surface area contributed by atoms with Crippen LogP contribution in [0.5, 0.6) is 0 Å². The van der Waals surface area contributed by atoms with E-state index in [-0.39, 0.29) is 0 Å². The predicted octanol–water partition coefficient (Wildman–Crippen LogP) is 4.05. The Morgan fingerprint density at radius 1 is 1.07 bits per heavy atom. The van der Waals surface area contributed by atoms with Crippen LogP contribution in [0.1, 0.15) is 5.56 Å². The first-order valence-electron chi connectivity index (χ1n) is 8.49. The van der Waals surface area contributed by atoms with E-state index in [4.69, 9.17) is 10.2 Å². The fourth-order valence-electron chi connectivity index (χ4n) is 3.29. The van der Waals surface area contributed by atoms with Crippen LogP contribution in [0, 0.1) is 11.3 Å². The van der Waals surface area contributed by atoms with Gasteiger partial charge in [0.25, 0.3) is 0 Å². The summed E-state index contributed by atoms with van der Waals surface area (Å²) in [6.07, 6.45) is 5.46. The molecule has 1 N–H and O–H groups in total. The molecule has 0 spiro atoms. The first-order valence-corrected chi connectivity index (χ1v) is 8.49. The van der Waals surface area contributed by atoms with Crippen LogP contribution < -0.4 is 0 Å². The van der Waals surface area contributed by atoms with E-state index in [9.17, 15) is 0 Å². The fourth-order valence-corrected chi connectivity index (χ4v) is 3.29.